The van der Waals surface area contributed by atoms with Gasteiger partial charge in [-0.3, -0.25) is 13.9 Å². The molecule has 1 aliphatic heterocycles. The van der Waals surface area contributed by atoms with E-state index in [-0.39, 0.29) is 30.7 Å². The summed E-state index contributed by atoms with van der Waals surface area (Å²) in [4.78, 5) is 28.0. The molecule has 36 heavy (non-hydrogen) atoms. The third kappa shape index (κ3) is 6.20. The van der Waals surface area contributed by atoms with Crippen molar-refractivity contribution in [2.75, 3.05) is 37.1 Å². The number of anilines is 1. The Kier molecular flexibility index (Phi) is 9.03. The number of methoxy groups -OCH3 is 1. The molecule has 0 bridgehead atoms. The first-order valence-electron chi connectivity index (χ1n) is 11.8. The van der Waals surface area contributed by atoms with Crippen molar-refractivity contribution in [3.8, 4) is 17.2 Å². The smallest absolute Gasteiger partial charge is 0.244 e. The average molecular weight is 520 g/mol. The van der Waals surface area contributed by atoms with E-state index in [0.717, 1.165) is 9.87 Å². The van der Waals surface area contributed by atoms with Crippen molar-refractivity contribution in [1.82, 2.24) is 10.2 Å². The molecule has 11 heteroatoms. The lowest BCUT2D eigenvalue weighted by molar-refractivity contribution is -0.140. The topological polar surface area (TPSA) is 114 Å². The van der Waals surface area contributed by atoms with Crippen molar-refractivity contribution in [3.05, 3.63) is 48.0 Å². The van der Waals surface area contributed by atoms with Gasteiger partial charge in [-0.1, -0.05) is 19.1 Å². The van der Waals surface area contributed by atoms with E-state index in [2.05, 4.69) is 5.32 Å². The van der Waals surface area contributed by atoms with Crippen molar-refractivity contribution in [1.29, 1.82) is 0 Å². The quantitative estimate of drug-likeness (QED) is 0.458. The van der Waals surface area contributed by atoms with Crippen LogP contribution in [0.2, 0.25) is 0 Å². The molecule has 0 radical (unpaired) electrons. The van der Waals surface area contributed by atoms with Crippen molar-refractivity contribution < 1.29 is 32.2 Å². The maximum Gasteiger partial charge on any atom is 0.244 e. The van der Waals surface area contributed by atoms with Crippen LogP contribution < -0.4 is 23.8 Å². The summed E-state index contributed by atoms with van der Waals surface area (Å²) in [6.45, 7) is 5.19. The molecule has 2 amide bonds. The van der Waals surface area contributed by atoms with Crippen molar-refractivity contribution in [3.63, 3.8) is 0 Å². The lowest BCUT2D eigenvalue weighted by Crippen LogP contribution is -2.52. The van der Waals surface area contributed by atoms with Crippen LogP contribution in [0.4, 0.5) is 5.69 Å². The van der Waals surface area contributed by atoms with Gasteiger partial charge in [0, 0.05) is 19.2 Å². The maximum atomic E-state index is 13.7. The van der Waals surface area contributed by atoms with E-state index in [0.29, 0.717) is 30.2 Å². The Morgan fingerprint density at radius 1 is 1.08 bits per heavy atom. The lowest BCUT2D eigenvalue weighted by atomic mass is 10.1. The largest absolute Gasteiger partial charge is 0.497 e. The predicted molar refractivity (Wildman–Crippen MR) is 136 cm³/mol. The van der Waals surface area contributed by atoms with Crippen LogP contribution in [0.3, 0.4) is 0 Å². The van der Waals surface area contributed by atoms with Crippen LogP contribution in [0.25, 0.3) is 0 Å². The molecular weight excluding hydrogens is 486 g/mol. The molecule has 0 aromatic heterocycles. The Labute approximate surface area is 212 Å². The fraction of sp³-hybridized carbons (Fsp3) is 0.440. The van der Waals surface area contributed by atoms with Crippen molar-refractivity contribution in [2.24, 2.45) is 0 Å². The van der Waals surface area contributed by atoms with Gasteiger partial charge in [-0.25, -0.2) is 8.42 Å². The van der Waals surface area contributed by atoms with E-state index in [9.17, 15) is 18.0 Å². The molecule has 0 spiro atoms. The second kappa shape index (κ2) is 12.0. The molecule has 3 rings (SSSR count). The Balaban J connectivity index is 1.98. The number of carbonyl (C=O) groups excluding carboxylic acids is 2. The van der Waals surface area contributed by atoms with E-state index >= 15 is 0 Å². The predicted octanol–water partition coefficient (Wildman–Crippen LogP) is 2.52. The Morgan fingerprint density at radius 3 is 2.50 bits per heavy atom. The van der Waals surface area contributed by atoms with Crippen LogP contribution in [0, 0.1) is 0 Å². The second-order valence-electron chi connectivity index (χ2n) is 8.14. The summed E-state index contributed by atoms with van der Waals surface area (Å²) in [5.74, 6) is 0.494. The van der Waals surface area contributed by atoms with Gasteiger partial charge in [-0.2, -0.15) is 0 Å². The summed E-state index contributed by atoms with van der Waals surface area (Å²) < 4.78 is 43.2. The first kappa shape index (κ1) is 27.1. The molecular formula is C25H33N3O7S. The number of benzene rings is 2. The molecule has 0 aliphatic carbocycles. The minimum Gasteiger partial charge on any atom is -0.497 e. The Hall–Kier alpha value is -3.47. The summed E-state index contributed by atoms with van der Waals surface area (Å²) in [6.07, 6.45) is 0.353. The molecule has 10 nitrogen and oxygen atoms in total. The minimum atomic E-state index is -3.84. The average Bonchev–Trinajstić information content (AvgIpc) is 3.35. The molecule has 0 fully saturated rings. The van der Waals surface area contributed by atoms with Gasteiger partial charge >= 0.3 is 0 Å². The van der Waals surface area contributed by atoms with Gasteiger partial charge in [-0.15, -0.1) is 0 Å². The molecule has 196 valence electrons. The van der Waals surface area contributed by atoms with E-state index in [1.165, 1.54) is 17.9 Å². The van der Waals surface area contributed by atoms with Gasteiger partial charge in [0.05, 0.1) is 18.6 Å². The highest BCUT2D eigenvalue weighted by molar-refractivity contribution is 7.92. The molecule has 1 atom stereocenters. The SMILES string of the molecule is CCNC(=O)C(CC)N(Cc1cccc(OC)c1)C(=O)CN(c1ccc2c(c1)OCO2)S(=O)(=O)CC. The van der Waals surface area contributed by atoms with E-state index in [1.807, 2.05) is 13.0 Å². The highest BCUT2D eigenvalue weighted by Gasteiger charge is 2.33. The monoisotopic (exact) mass is 519 g/mol. The zero-order valence-electron chi connectivity index (χ0n) is 21.0. The number of fused-ring (bicyclic) bond motifs is 1. The van der Waals surface area contributed by atoms with Gasteiger partial charge in [0.2, 0.25) is 28.6 Å². The van der Waals surface area contributed by atoms with Crippen LogP contribution in [-0.4, -0.2) is 63.9 Å². The Morgan fingerprint density at radius 2 is 1.83 bits per heavy atom. The number of sulfonamides is 1. The van der Waals surface area contributed by atoms with Crippen molar-refractivity contribution in [2.45, 2.75) is 39.8 Å². The first-order valence-corrected chi connectivity index (χ1v) is 13.4. The lowest BCUT2D eigenvalue weighted by Gasteiger charge is -2.33. The fourth-order valence-electron chi connectivity index (χ4n) is 3.94. The van der Waals surface area contributed by atoms with Gasteiger partial charge in [0.25, 0.3) is 0 Å². The fourth-order valence-corrected chi connectivity index (χ4v) is 4.99. The zero-order chi connectivity index (χ0) is 26.3. The van der Waals surface area contributed by atoms with Crippen molar-refractivity contribution >= 4 is 27.5 Å². The summed E-state index contributed by atoms with van der Waals surface area (Å²) in [7, 11) is -2.29. The number of carbonyl (C=O) groups is 2. The Bertz CT molecular complexity index is 1190. The number of nitrogens with one attached hydrogen (secondary N) is 1. The number of amides is 2. The summed E-state index contributed by atoms with van der Waals surface area (Å²) in [5.41, 5.74) is 1.03. The zero-order valence-corrected chi connectivity index (χ0v) is 21.8. The molecule has 2 aromatic rings. The number of hydrogen-bond donors (Lipinski definition) is 1. The van der Waals surface area contributed by atoms with Gasteiger partial charge in [-0.05, 0) is 50.1 Å². The first-order chi connectivity index (χ1) is 17.2. The van der Waals surface area contributed by atoms with E-state index < -0.39 is 28.5 Å². The van der Waals surface area contributed by atoms with Crippen LogP contribution >= 0.6 is 0 Å². The van der Waals surface area contributed by atoms with Crippen LogP contribution in [-0.2, 0) is 26.2 Å². The van der Waals surface area contributed by atoms with E-state index in [4.69, 9.17) is 14.2 Å². The number of ether oxygens (including phenoxy) is 3. The maximum absolute atomic E-state index is 13.7. The van der Waals surface area contributed by atoms with Crippen LogP contribution in [0.5, 0.6) is 17.2 Å². The molecule has 0 saturated heterocycles. The number of nitrogens with zero attached hydrogens (tertiary/aromatic N) is 2. The second-order valence-corrected chi connectivity index (χ2v) is 10.3. The third-order valence-electron chi connectivity index (χ3n) is 5.85. The minimum absolute atomic E-state index is 0.0390. The van der Waals surface area contributed by atoms with E-state index in [1.54, 1.807) is 44.4 Å². The highest BCUT2D eigenvalue weighted by Crippen LogP contribution is 2.36. The van der Waals surface area contributed by atoms with Crippen LogP contribution in [0.1, 0.15) is 32.8 Å². The summed E-state index contributed by atoms with van der Waals surface area (Å²) in [6, 6.07) is 11.1. The number of rotatable bonds is 12. The summed E-state index contributed by atoms with van der Waals surface area (Å²) in [5, 5.41) is 2.78. The highest BCUT2D eigenvalue weighted by atomic mass is 32.2. The molecule has 1 unspecified atom stereocenters. The molecule has 0 saturated carbocycles. The van der Waals surface area contributed by atoms with Gasteiger partial charge < -0.3 is 24.4 Å². The third-order valence-corrected chi connectivity index (χ3v) is 7.59. The summed E-state index contributed by atoms with van der Waals surface area (Å²) >= 11 is 0. The van der Waals surface area contributed by atoms with Gasteiger partial charge in [0.15, 0.2) is 11.5 Å². The normalized spacial score (nSPS) is 13.1. The molecule has 2 aromatic carbocycles. The van der Waals surface area contributed by atoms with Gasteiger partial charge in [0.1, 0.15) is 18.3 Å². The molecule has 1 aliphatic rings. The number of hydrogen-bond acceptors (Lipinski definition) is 7. The molecule has 1 N–H and O–H groups in total. The standard InChI is InChI=1S/C25H33N3O7S/c1-5-21(25(30)26-6-2)27(15-18-9-8-10-20(13-18)33-4)24(29)16-28(36(31,32)7-3)19-11-12-22-23(14-19)35-17-34-22/h8-14,21H,5-7,15-17H2,1-4H3,(H,26,30). The number of likely N-dealkylation sites (N-methyl/N-ethyl adjacent to an activating group) is 1. The molecule has 1 heterocycles. The van der Waals surface area contributed by atoms with Crippen LogP contribution in [0.15, 0.2) is 42.5 Å².